The van der Waals surface area contributed by atoms with Gasteiger partial charge >= 0.3 is 12.1 Å². The highest BCUT2D eigenvalue weighted by Gasteiger charge is 2.64. The van der Waals surface area contributed by atoms with Crippen molar-refractivity contribution in [2.24, 2.45) is 5.41 Å². The first-order valence-electron chi connectivity index (χ1n) is 7.80. The molecular formula is C16H15ClF3NO5. The number of carboxylic acid groups (broad SMARTS) is 1. The minimum atomic E-state index is -4.94. The summed E-state index contributed by atoms with van der Waals surface area (Å²) < 4.78 is 50.4. The van der Waals surface area contributed by atoms with Gasteiger partial charge in [0, 0.05) is 13.1 Å². The van der Waals surface area contributed by atoms with Crippen LogP contribution in [0.1, 0.15) is 12.0 Å². The molecule has 10 heteroatoms. The Morgan fingerprint density at radius 3 is 2.58 bits per heavy atom. The number of ether oxygens (including phenoxy) is 2. The summed E-state index contributed by atoms with van der Waals surface area (Å²) in [6.45, 7) is -0.515. The molecule has 142 valence electrons. The molecule has 0 radical (unpaired) electrons. The Morgan fingerprint density at radius 1 is 1.27 bits per heavy atom. The Bertz CT molecular complexity index is 754. The zero-order valence-electron chi connectivity index (χ0n) is 13.4. The third-order valence-electron chi connectivity index (χ3n) is 4.59. The summed E-state index contributed by atoms with van der Waals surface area (Å²) in [6, 6.07) is 3.03. The third-order valence-corrected chi connectivity index (χ3v) is 4.87. The molecule has 0 aromatic heterocycles. The van der Waals surface area contributed by atoms with E-state index in [1.165, 1.54) is 6.07 Å². The number of aliphatic carboxylic acids is 1. The molecular weight excluding hydrogens is 379 g/mol. The van der Waals surface area contributed by atoms with Crippen LogP contribution in [0.15, 0.2) is 12.1 Å². The number of hydrogen-bond donors (Lipinski definition) is 1. The van der Waals surface area contributed by atoms with Crippen LogP contribution in [0, 0.1) is 5.41 Å². The van der Waals surface area contributed by atoms with Crippen molar-refractivity contribution in [2.45, 2.75) is 19.0 Å². The second-order valence-electron chi connectivity index (χ2n) is 6.23. The van der Waals surface area contributed by atoms with Gasteiger partial charge in [-0.3, -0.25) is 9.59 Å². The number of carboxylic acids is 1. The van der Waals surface area contributed by atoms with Crippen LogP contribution in [0.25, 0.3) is 0 Å². The van der Waals surface area contributed by atoms with Crippen molar-refractivity contribution in [1.29, 1.82) is 0 Å². The van der Waals surface area contributed by atoms with Crippen LogP contribution < -0.4 is 9.47 Å². The highest BCUT2D eigenvalue weighted by molar-refractivity contribution is 6.32. The Morgan fingerprint density at radius 2 is 1.96 bits per heavy atom. The van der Waals surface area contributed by atoms with Crippen LogP contribution in [0.5, 0.6) is 11.5 Å². The predicted molar refractivity (Wildman–Crippen MR) is 83.5 cm³/mol. The summed E-state index contributed by atoms with van der Waals surface area (Å²) in [6.07, 6.45) is -5.82. The van der Waals surface area contributed by atoms with E-state index >= 15 is 0 Å². The van der Waals surface area contributed by atoms with E-state index in [0.717, 1.165) is 4.90 Å². The minimum Gasteiger partial charge on any atom is -0.486 e. The van der Waals surface area contributed by atoms with E-state index in [4.69, 9.17) is 26.2 Å². The van der Waals surface area contributed by atoms with Crippen LogP contribution in [-0.2, 0) is 16.0 Å². The summed E-state index contributed by atoms with van der Waals surface area (Å²) in [5.41, 5.74) is -2.48. The fourth-order valence-corrected chi connectivity index (χ4v) is 3.39. The molecule has 26 heavy (non-hydrogen) atoms. The van der Waals surface area contributed by atoms with Crippen molar-refractivity contribution in [3.63, 3.8) is 0 Å². The number of nitrogens with zero attached hydrogens (tertiary/aromatic N) is 1. The SMILES string of the molecule is O=C(Cc1cc(Cl)c2c(c1)OCCO2)N1CCC(C(=O)O)(C(F)(F)F)C1. The van der Waals surface area contributed by atoms with Crippen LogP contribution in [0.4, 0.5) is 13.2 Å². The maximum absolute atomic E-state index is 13.2. The second kappa shape index (κ2) is 6.53. The van der Waals surface area contributed by atoms with Crippen molar-refractivity contribution < 1.29 is 37.3 Å². The van der Waals surface area contributed by atoms with Crippen LogP contribution >= 0.6 is 11.6 Å². The second-order valence-corrected chi connectivity index (χ2v) is 6.64. The van der Waals surface area contributed by atoms with Gasteiger partial charge in [-0.15, -0.1) is 0 Å². The molecule has 0 aliphatic carbocycles. The number of benzene rings is 1. The number of amides is 1. The summed E-state index contributed by atoms with van der Waals surface area (Å²) in [4.78, 5) is 24.5. The minimum absolute atomic E-state index is 0.218. The van der Waals surface area contributed by atoms with Gasteiger partial charge in [0.15, 0.2) is 16.9 Å². The molecule has 2 aliphatic heterocycles. The molecule has 2 heterocycles. The van der Waals surface area contributed by atoms with Gasteiger partial charge in [-0.25, -0.2) is 0 Å². The molecule has 6 nitrogen and oxygen atoms in total. The Labute approximate surface area is 151 Å². The standard InChI is InChI=1S/C16H15ClF3NO5/c17-10-5-9(6-11-13(10)26-4-3-25-11)7-12(22)21-2-1-15(8-21,14(23)24)16(18,19)20/h5-6H,1-4,7-8H2,(H,23,24). The fraction of sp³-hybridized carbons (Fsp3) is 0.500. The van der Waals surface area contributed by atoms with E-state index in [2.05, 4.69) is 0 Å². The number of alkyl halides is 3. The molecule has 0 spiro atoms. The molecule has 1 aromatic carbocycles. The first-order chi connectivity index (χ1) is 12.1. The number of rotatable bonds is 3. The molecule has 1 fully saturated rings. The van der Waals surface area contributed by atoms with Gasteiger partial charge in [-0.1, -0.05) is 11.6 Å². The number of carbonyl (C=O) groups excluding carboxylic acids is 1. The molecule has 3 rings (SSSR count). The topological polar surface area (TPSA) is 76.1 Å². The van der Waals surface area contributed by atoms with Crippen LogP contribution in [0.2, 0.25) is 5.02 Å². The summed E-state index contributed by atoms with van der Waals surface area (Å²) in [5.74, 6) is -1.85. The van der Waals surface area contributed by atoms with E-state index in [-0.39, 0.29) is 18.0 Å². The van der Waals surface area contributed by atoms with Crippen molar-refractivity contribution in [2.75, 3.05) is 26.3 Å². The normalized spacial score (nSPS) is 22.4. The third kappa shape index (κ3) is 3.15. The lowest BCUT2D eigenvalue weighted by Gasteiger charge is -2.27. The van der Waals surface area contributed by atoms with Crippen molar-refractivity contribution in [3.05, 3.63) is 22.7 Å². The van der Waals surface area contributed by atoms with Gasteiger partial charge in [-0.2, -0.15) is 13.2 Å². The van der Waals surface area contributed by atoms with Crippen molar-refractivity contribution in [1.82, 2.24) is 4.90 Å². The Kier molecular flexibility index (Phi) is 4.68. The maximum Gasteiger partial charge on any atom is 0.406 e. The molecule has 0 bridgehead atoms. The average molecular weight is 394 g/mol. The van der Waals surface area contributed by atoms with Gasteiger partial charge in [-0.05, 0) is 24.1 Å². The largest absolute Gasteiger partial charge is 0.486 e. The first kappa shape index (κ1) is 18.6. The molecule has 1 amide bonds. The van der Waals surface area contributed by atoms with Gasteiger partial charge < -0.3 is 19.5 Å². The van der Waals surface area contributed by atoms with Crippen LogP contribution in [0.3, 0.4) is 0 Å². The molecule has 1 atom stereocenters. The average Bonchev–Trinajstić information content (AvgIpc) is 3.02. The molecule has 0 saturated carbocycles. The van der Waals surface area contributed by atoms with E-state index in [9.17, 15) is 22.8 Å². The number of halogens is 4. The molecule has 1 unspecified atom stereocenters. The lowest BCUT2D eigenvalue weighted by Crippen LogP contribution is -2.47. The van der Waals surface area contributed by atoms with E-state index < -0.39 is 36.4 Å². The first-order valence-corrected chi connectivity index (χ1v) is 8.18. The number of fused-ring (bicyclic) bond motifs is 1. The highest BCUT2D eigenvalue weighted by atomic mass is 35.5. The lowest BCUT2D eigenvalue weighted by atomic mass is 9.86. The molecule has 1 aromatic rings. The number of likely N-dealkylation sites (tertiary alicyclic amines) is 1. The summed E-state index contributed by atoms with van der Waals surface area (Å²) in [5, 5.41) is 9.29. The zero-order chi connectivity index (χ0) is 19.1. The zero-order valence-corrected chi connectivity index (χ0v) is 14.2. The fourth-order valence-electron chi connectivity index (χ4n) is 3.10. The van der Waals surface area contributed by atoms with Crippen molar-refractivity contribution >= 4 is 23.5 Å². The summed E-state index contributed by atoms with van der Waals surface area (Å²) >= 11 is 6.08. The van der Waals surface area contributed by atoms with Crippen LogP contribution in [-0.4, -0.2) is 54.4 Å². The van der Waals surface area contributed by atoms with E-state index in [1.54, 1.807) is 6.07 Å². The highest BCUT2D eigenvalue weighted by Crippen LogP contribution is 2.46. The van der Waals surface area contributed by atoms with Gasteiger partial charge in [0.25, 0.3) is 0 Å². The quantitative estimate of drug-likeness (QED) is 0.854. The Hall–Kier alpha value is -2.16. The number of carbonyl (C=O) groups is 2. The van der Waals surface area contributed by atoms with Crippen molar-refractivity contribution in [3.8, 4) is 11.5 Å². The molecule has 1 saturated heterocycles. The smallest absolute Gasteiger partial charge is 0.406 e. The Balaban J connectivity index is 1.75. The number of hydrogen-bond acceptors (Lipinski definition) is 4. The molecule has 2 aliphatic rings. The van der Waals surface area contributed by atoms with Gasteiger partial charge in [0.2, 0.25) is 5.91 Å². The van der Waals surface area contributed by atoms with E-state index in [1.807, 2.05) is 0 Å². The lowest BCUT2D eigenvalue weighted by molar-refractivity contribution is -0.227. The van der Waals surface area contributed by atoms with Gasteiger partial charge in [0.1, 0.15) is 13.2 Å². The summed E-state index contributed by atoms with van der Waals surface area (Å²) in [7, 11) is 0. The predicted octanol–water partition coefficient (Wildman–Crippen LogP) is 2.52. The molecule has 1 N–H and O–H groups in total. The van der Waals surface area contributed by atoms with E-state index in [0.29, 0.717) is 30.3 Å². The van der Waals surface area contributed by atoms with Gasteiger partial charge in [0.05, 0.1) is 11.4 Å². The maximum atomic E-state index is 13.2. The monoisotopic (exact) mass is 393 g/mol.